The fraction of sp³-hybridized carbons (Fsp3) is 0.600. The molecule has 0 radical (unpaired) electrons. The van der Waals surface area contributed by atoms with E-state index >= 15 is 0 Å². The third-order valence-corrected chi connectivity index (χ3v) is 3.69. The summed E-state index contributed by atoms with van der Waals surface area (Å²) in [4.78, 5) is 2.38. The van der Waals surface area contributed by atoms with Crippen LogP contribution in [0.2, 0.25) is 0 Å². The first-order chi connectivity index (χ1) is 8.81. The topological polar surface area (TPSA) is 38.5 Å². The van der Waals surface area contributed by atoms with Gasteiger partial charge in [0.2, 0.25) is 0 Å². The molecule has 0 spiro atoms. The van der Waals surface area contributed by atoms with E-state index in [1.807, 2.05) is 0 Å². The van der Waals surface area contributed by atoms with Gasteiger partial charge in [-0.05, 0) is 43.4 Å². The van der Waals surface area contributed by atoms with Crippen molar-refractivity contribution in [1.82, 2.24) is 0 Å². The Balaban J connectivity index is 2.00. The van der Waals surface area contributed by atoms with Gasteiger partial charge in [0, 0.05) is 32.5 Å². The van der Waals surface area contributed by atoms with Crippen LogP contribution < -0.4 is 10.6 Å². The highest BCUT2D eigenvalue weighted by Crippen LogP contribution is 2.23. The van der Waals surface area contributed by atoms with Crippen molar-refractivity contribution in [2.45, 2.75) is 19.3 Å². The number of benzene rings is 1. The second-order valence-electron chi connectivity index (χ2n) is 5.10. The maximum atomic E-state index is 5.68. The Bertz CT molecular complexity index is 361. The van der Waals surface area contributed by atoms with Gasteiger partial charge in [0.15, 0.2) is 0 Å². The van der Waals surface area contributed by atoms with E-state index in [9.17, 15) is 0 Å². The average Bonchev–Trinajstić information content (AvgIpc) is 2.41. The molecule has 0 saturated carbocycles. The lowest BCUT2D eigenvalue weighted by molar-refractivity contribution is 0.0685. The Morgan fingerprint density at radius 1 is 1.28 bits per heavy atom. The predicted molar refractivity (Wildman–Crippen MR) is 76.0 cm³/mol. The fourth-order valence-corrected chi connectivity index (χ4v) is 2.66. The average molecular weight is 248 g/mol. The molecule has 0 aromatic heterocycles. The quantitative estimate of drug-likeness (QED) is 0.866. The summed E-state index contributed by atoms with van der Waals surface area (Å²) in [6.07, 6.45) is 3.32. The highest BCUT2D eigenvalue weighted by Gasteiger charge is 2.17. The van der Waals surface area contributed by atoms with E-state index < -0.39 is 0 Å². The number of hydrogen-bond donors (Lipinski definition) is 1. The zero-order valence-corrected chi connectivity index (χ0v) is 11.3. The number of hydrogen-bond acceptors (Lipinski definition) is 3. The van der Waals surface area contributed by atoms with Crippen LogP contribution >= 0.6 is 0 Å². The van der Waals surface area contributed by atoms with Crippen molar-refractivity contribution in [3.05, 3.63) is 29.8 Å². The van der Waals surface area contributed by atoms with E-state index in [1.165, 1.54) is 24.1 Å². The number of nitrogens with zero attached hydrogens (tertiary/aromatic N) is 1. The summed E-state index contributed by atoms with van der Waals surface area (Å²) in [6.45, 7) is 3.67. The fourth-order valence-electron chi connectivity index (χ4n) is 2.66. The summed E-state index contributed by atoms with van der Waals surface area (Å²) >= 11 is 0. The first-order valence-corrected chi connectivity index (χ1v) is 6.88. The van der Waals surface area contributed by atoms with Gasteiger partial charge in [-0.15, -0.1) is 0 Å². The minimum Gasteiger partial charge on any atom is -0.381 e. The van der Waals surface area contributed by atoms with Crippen LogP contribution in [0.3, 0.4) is 0 Å². The largest absolute Gasteiger partial charge is 0.381 e. The summed E-state index contributed by atoms with van der Waals surface area (Å²) in [5.74, 6) is 0.759. The molecule has 0 unspecified atom stereocenters. The molecule has 1 saturated heterocycles. The van der Waals surface area contributed by atoms with Gasteiger partial charge in [0.25, 0.3) is 0 Å². The molecule has 3 nitrogen and oxygen atoms in total. The predicted octanol–water partition coefficient (Wildman–Crippen LogP) is 2.05. The molecule has 0 aliphatic carbocycles. The molecular formula is C15H24N2O. The van der Waals surface area contributed by atoms with E-state index in [2.05, 4.69) is 36.2 Å². The van der Waals surface area contributed by atoms with Crippen LogP contribution in [-0.4, -0.2) is 33.4 Å². The Hall–Kier alpha value is -1.06. The van der Waals surface area contributed by atoms with Crippen molar-refractivity contribution in [2.24, 2.45) is 11.7 Å². The first-order valence-electron chi connectivity index (χ1n) is 6.88. The lowest BCUT2D eigenvalue weighted by atomic mass is 9.99. The lowest BCUT2D eigenvalue weighted by Crippen LogP contribution is -2.30. The number of rotatable bonds is 5. The van der Waals surface area contributed by atoms with Gasteiger partial charge in [-0.2, -0.15) is 0 Å². The van der Waals surface area contributed by atoms with Gasteiger partial charge in [-0.25, -0.2) is 0 Å². The summed E-state index contributed by atoms with van der Waals surface area (Å²) in [6, 6.07) is 8.58. The van der Waals surface area contributed by atoms with E-state index in [0.717, 1.165) is 32.1 Å². The third-order valence-electron chi connectivity index (χ3n) is 3.69. The molecule has 0 amide bonds. The maximum Gasteiger partial charge on any atom is 0.0469 e. The second kappa shape index (κ2) is 6.76. The highest BCUT2D eigenvalue weighted by molar-refractivity contribution is 5.53. The smallest absolute Gasteiger partial charge is 0.0469 e. The molecule has 1 fully saturated rings. The number of nitrogens with two attached hydrogens (primary N) is 1. The molecule has 1 aliphatic heterocycles. The minimum absolute atomic E-state index is 0.710. The molecule has 2 N–H and O–H groups in total. The zero-order valence-electron chi connectivity index (χ0n) is 11.3. The van der Waals surface area contributed by atoms with Gasteiger partial charge < -0.3 is 15.4 Å². The normalized spacial score (nSPS) is 16.8. The van der Waals surface area contributed by atoms with Gasteiger partial charge in [0.05, 0.1) is 0 Å². The standard InChI is InChI=1S/C15H24N2O/c1-17(12-13-7-10-18-11-8-13)15-5-3-2-4-14(15)6-9-16/h2-5,13H,6-12,16H2,1H3. The van der Waals surface area contributed by atoms with Gasteiger partial charge in [-0.1, -0.05) is 18.2 Å². The van der Waals surface area contributed by atoms with Crippen molar-refractivity contribution in [3.8, 4) is 0 Å². The number of anilines is 1. The SMILES string of the molecule is CN(CC1CCOCC1)c1ccccc1CCN. The number of para-hydroxylation sites is 1. The third kappa shape index (κ3) is 3.47. The second-order valence-corrected chi connectivity index (χ2v) is 5.10. The van der Waals surface area contributed by atoms with Crippen LogP contribution in [0.5, 0.6) is 0 Å². The molecule has 18 heavy (non-hydrogen) atoms. The summed E-state index contributed by atoms with van der Waals surface area (Å²) in [7, 11) is 2.19. The zero-order chi connectivity index (χ0) is 12.8. The molecule has 2 rings (SSSR count). The highest BCUT2D eigenvalue weighted by atomic mass is 16.5. The Kier molecular flexibility index (Phi) is 5.02. The van der Waals surface area contributed by atoms with Crippen molar-refractivity contribution in [1.29, 1.82) is 0 Å². The molecule has 100 valence electrons. The van der Waals surface area contributed by atoms with Crippen LogP contribution in [0.4, 0.5) is 5.69 Å². The minimum atomic E-state index is 0.710. The Labute approximate surface area is 110 Å². The molecule has 1 aromatic carbocycles. The van der Waals surface area contributed by atoms with Crippen LogP contribution in [-0.2, 0) is 11.2 Å². The van der Waals surface area contributed by atoms with Crippen LogP contribution in [0.1, 0.15) is 18.4 Å². The number of ether oxygens (including phenoxy) is 1. The van der Waals surface area contributed by atoms with Crippen LogP contribution in [0.15, 0.2) is 24.3 Å². The van der Waals surface area contributed by atoms with Gasteiger partial charge in [-0.3, -0.25) is 0 Å². The van der Waals surface area contributed by atoms with E-state index in [-0.39, 0.29) is 0 Å². The molecule has 1 aromatic rings. The molecule has 0 bridgehead atoms. The molecule has 1 aliphatic rings. The van der Waals surface area contributed by atoms with E-state index in [0.29, 0.717) is 6.54 Å². The van der Waals surface area contributed by atoms with Crippen molar-refractivity contribution >= 4 is 5.69 Å². The van der Waals surface area contributed by atoms with Gasteiger partial charge in [0.1, 0.15) is 0 Å². The van der Waals surface area contributed by atoms with Crippen LogP contribution in [0, 0.1) is 5.92 Å². The molecule has 1 heterocycles. The lowest BCUT2D eigenvalue weighted by Gasteiger charge is -2.29. The van der Waals surface area contributed by atoms with Crippen LogP contribution in [0.25, 0.3) is 0 Å². The Morgan fingerprint density at radius 3 is 2.72 bits per heavy atom. The summed E-state index contributed by atoms with van der Waals surface area (Å²) in [5.41, 5.74) is 8.36. The molecule has 3 heteroatoms. The van der Waals surface area contributed by atoms with Crippen molar-refractivity contribution in [3.63, 3.8) is 0 Å². The van der Waals surface area contributed by atoms with Gasteiger partial charge >= 0.3 is 0 Å². The maximum absolute atomic E-state index is 5.68. The molecular weight excluding hydrogens is 224 g/mol. The van der Waals surface area contributed by atoms with Crippen molar-refractivity contribution < 1.29 is 4.74 Å². The summed E-state index contributed by atoms with van der Waals surface area (Å²) < 4.78 is 5.41. The monoisotopic (exact) mass is 248 g/mol. The van der Waals surface area contributed by atoms with E-state index in [1.54, 1.807) is 0 Å². The summed E-state index contributed by atoms with van der Waals surface area (Å²) in [5, 5.41) is 0. The van der Waals surface area contributed by atoms with Crippen molar-refractivity contribution in [2.75, 3.05) is 38.3 Å². The molecule has 0 atom stereocenters. The first kappa shape index (κ1) is 13.4. The Morgan fingerprint density at radius 2 is 2.00 bits per heavy atom. The van der Waals surface area contributed by atoms with E-state index in [4.69, 9.17) is 10.5 Å².